The Hall–Kier alpha value is -2.98. The fourth-order valence-corrected chi connectivity index (χ4v) is 3.83. The van der Waals surface area contributed by atoms with Gasteiger partial charge >= 0.3 is 5.69 Å². The lowest BCUT2D eigenvalue weighted by Crippen LogP contribution is -2.32. The summed E-state index contributed by atoms with van der Waals surface area (Å²) >= 11 is 0. The fourth-order valence-electron chi connectivity index (χ4n) is 2.66. The maximum atomic E-state index is 12.6. The van der Waals surface area contributed by atoms with Crippen molar-refractivity contribution in [3.05, 3.63) is 59.1 Å². The summed E-state index contributed by atoms with van der Waals surface area (Å²) in [5, 5.41) is 4.26. The Morgan fingerprint density at radius 2 is 1.89 bits per heavy atom. The molecule has 0 atom stereocenters. The molecule has 2 heterocycles. The number of nitrogens with one attached hydrogen (secondary N) is 1. The van der Waals surface area contributed by atoms with Crippen molar-refractivity contribution in [2.45, 2.75) is 18.4 Å². The Bertz CT molecular complexity index is 1110. The van der Waals surface area contributed by atoms with Crippen LogP contribution in [0.4, 0.5) is 0 Å². The third-order valence-corrected chi connectivity index (χ3v) is 5.49. The van der Waals surface area contributed by atoms with Gasteiger partial charge in [-0.2, -0.15) is 0 Å². The van der Waals surface area contributed by atoms with Crippen LogP contribution in [0, 0.1) is 0 Å². The number of rotatable bonds is 8. The largest absolute Gasteiger partial charge is 0.492 e. The lowest BCUT2D eigenvalue weighted by atomic mass is 10.3. The number of aromatic nitrogens is 4. The Balaban J connectivity index is 1.74. The first-order valence-electron chi connectivity index (χ1n) is 8.70. The van der Waals surface area contributed by atoms with E-state index >= 15 is 0 Å². The fraction of sp³-hybridized carbons (Fsp3) is 0.278. The van der Waals surface area contributed by atoms with Crippen LogP contribution in [0.1, 0.15) is 6.92 Å². The van der Waals surface area contributed by atoms with Gasteiger partial charge in [0.05, 0.1) is 13.2 Å². The molecule has 10 heteroatoms. The third kappa shape index (κ3) is 4.12. The first-order chi connectivity index (χ1) is 13.4. The number of hydrogen-bond acceptors (Lipinski definition) is 6. The van der Waals surface area contributed by atoms with Crippen molar-refractivity contribution in [2.75, 3.05) is 13.2 Å². The summed E-state index contributed by atoms with van der Waals surface area (Å²) in [6, 6.07) is 11.7. The minimum absolute atomic E-state index is 0.00136. The second-order valence-electron chi connectivity index (χ2n) is 5.88. The van der Waals surface area contributed by atoms with Gasteiger partial charge in [-0.3, -0.25) is 9.55 Å². The van der Waals surface area contributed by atoms with E-state index in [1.165, 1.54) is 15.3 Å². The lowest BCUT2D eigenvalue weighted by molar-refractivity contribution is 0.331. The maximum Gasteiger partial charge on any atom is 0.346 e. The minimum Gasteiger partial charge on any atom is -0.492 e. The lowest BCUT2D eigenvalue weighted by Gasteiger charge is -2.11. The van der Waals surface area contributed by atoms with E-state index in [1.54, 1.807) is 56.6 Å². The number of para-hydroxylation sites is 1. The summed E-state index contributed by atoms with van der Waals surface area (Å²) < 4.78 is 35.6. The summed E-state index contributed by atoms with van der Waals surface area (Å²) in [5.74, 6) is 0.695. The summed E-state index contributed by atoms with van der Waals surface area (Å²) in [6.45, 7) is 2.21. The van der Waals surface area contributed by atoms with E-state index in [1.807, 2.05) is 0 Å². The Kier molecular flexibility index (Phi) is 5.90. The number of nitrogens with zero attached hydrogens (tertiary/aromatic N) is 4. The molecule has 0 unspecified atom stereocenters. The molecule has 0 aliphatic heterocycles. The number of benzene rings is 1. The van der Waals surface area contributed by atoms with Gasteiger partial charge in [0.25, 0.3) is 0 Å². The molecule has 1 N–H and O–H groups in total. The average Bonchev–Trinajstić information content (AvgIpc) is 2.98. The smallest absolute Gasteiger partial charge is 0.346 e. The molecule has 148 valence electrons. The molecule has 3 rings (SSSR count). The number of pyridine rings is 1. The summed E-state index contributed by atoms with van der Waals surface area (Å²) in [7, 11) is -2.19. The molecule has 0 spiro atoms. The Labute approximate surface area is 162 Å². The second-order valence-corrected chi connectivity index (χ2v) is 7.62. The van der Waals surface area contributed by atoms with Crippen molar-refractivity contribution in [2.24, 2.45) is 7.05 Å². The topological polar surface area (TPSA) is 108 Å². The zero-order valence-corrected chi connectivity index (χ0v) is 16.4. The van der Waals surface area contributed by atoms with E-state index in [2.05, 4.69) is 14.8 Å². The minimum atomic E-state index is -3.79. The summed E-state index contributed by atoms with van der Waals surface area (Å²) in [4.78, 5) is 16.6. The van der Waals surface area contributed by atoms with Crippen LogP contribution in [0.5, 0.6) is 5.75 Å². The number of hydrogen-bond donors (Lipinski definition) is 1. The second kappa shape index (κ2) is 8.36. The van der Waals surface area contributed by atoms with Crippen molar-refractivity contribution in [3.8, 4) is 17.3 Å². The van der Waals surface area contributed by atoms with Gasteiger partial charge in [0.15, 0.2) is 5.82 Å². The molecule has 2 aromatic heterocycles. The van der Waals surface area contributed by atoms with Crippen molar-refractivity contribution in [1.29, 1.82) is 0 Å². The van der Waals surface area contributed by atoms with Crippen LogP contribution in [0.25, 0.3) is 11.5 Å². The summed E-state index contributed by atoms with van der Waals surface area (Å²) in [6.07, 6.45) is 1.61. The van der Waals surface area contributed by atoms with E-state index in [0.717, 1.165) is 0 Å². The van der Waals surface area contributed by atoms with E-state index in [0.29, 0.717) is 18.1 Å². The van der Waals surface area contributed by atoms with Gasteiger partial charge in [0.2, 0.25) is 10.0 Å². The average molecular weight is 403 g/mol. The number of ether oxygens (including phenoxy) is 1. The van der Waals surface area contributed by atoms with Gasteiger partial charge in [-0.05, 0) is 31.2 Å². The standard InChI is InChI=1S/C18H21N5O4S/c1-3-27-15-9-4-5-10-16(15)28(25,26)20-12-13-23-18(24)22(2)17(21-23)14-8-6-7-11-19-14/h4-11,20H,3,12-13H2,1-2H3. The van der Waals surface area contributed by atoms with Gasteiger partial charge in [0.1, 0.15) is 16.3 Å². The van der Waals surface area contributed by atoms with Crippen LogP contribution in [-0.2, 0) is 23.6 Å². The van der Waals surface area contributed by atoms with Crippen molar-refractivity contribution >= 4 is 10.0 Å². The molecule has 0 aliphatic carbocycles. The molecule has 9 nitrogen and oxygen atoms in total. The molecule has 0 aliphatic rings. The molecule has 1 aromatic carbocycles. The highest BCUT2D eigenvalue weighted by Gasteiger charge is 2.19. The van der Waals surface area contributed by atoms with Crippen LogP contribution >= 0.6 is 0 Å². The molecule has 3 aromatic rings. The van der Waals surface area contributed by atoms with E-state index in [-0.39, 0.29) is 29.4 Å². The molecule has 28 heavy (non-hydrogen) atoms. The van der Waals surface area contributed by atoms with Gasteiger partial charge in [0, 0.05) is 19.8 Å². The van der Waals surface area contributed by atoms with Gasteiger partial charge in [-0.15, -0.1) is 5.10 Å². The van der Waals surface area contributed by atoms with Crippen LogP contribution in [0.3, 0.4) is 0 Å². The number of sulfonamides is 1. The Morgan fingerprint density at radius 3 is 2.61 bits per heavy atom. The normalized spacial score (nSPS) is 11.5. The SMILES string of the molecule is CCOc1ccccc1S(=O)(=O)NCCn1nc(-c2ccccn2)n(C)c1=O. The monoisotopic (exact) mass is 403 g/mol. The molecular formula is C18H21N5O4S. The zero-order chi connectivity index (χ0) is 20.1. The predicted molar refractivity (Wildman–Crippen MR) is 103 cm³/mol. The third-order valence-electron chi connectivity index (χ3n) is 3.99. The van der Waals surface area contributed by atoms with Crippen molar-refractivity contribution in [3.63, 3.8) is 0 Å². The molecule has 0 fully saturated rings. The highest BCUT2D eigenvalue weighted by molar-refractivity contribution is 7.89. The van der Waals surface area contributed by atoms with Crippen molar-refractivity contribution in [1.82, 2.24) is 24.1 Å². The first-order valence-corrected chi connectivity index (χ1v) is 10.2. The summed E-state index contributed by atoms with van der Waals surface area (Å²) in [5.41, 5.74) is 0.210. The molecular weight excluding hydrogens is 382 g/mol. The molecule has 0 saturated heterocycles. The van der Waals surface area contributed by atoms with E-state index in [9.17, 15) is 13.2 Å². The van der Waals surface area contributed by atoms with Gasteiger partial charge < -0.3 is 4.74 Å². The predicted octanol–water partition coefficient (Wildman–Crippen LogP) is 1.02. The Morgan fingerprint density at radius 1 is 1.14 bits per heavy atom. The highest BCUT2D eigenvalue weighted by Crippen LogP contribution is 2.22. The van der Waals surface area contributed by atoms with Crippen LogP contribution in [-0.4, -0.2) is 40.9 Å². The maximum absolute atomic E-state index is 12.6. The van der Waals surface area contributed by atoms with Crippen LogP contribution < -0.4 is 15.1 Å². The van der Waals surface area contributed by atoms with E-state index in [4.69, 9.17) is 4.74 Å². The quantitative estimate of drug-likeness (QED) is 0.602. The van der Waals surface area contributed by atoms with E-state index < -0.39 is 10.0 Å². The molecule has 0 saturated carbocycles. The van der Waals surface area contributed by atoms with Gasteiger partial charge in [-0.25, -0.2) is 22.6 Å². The van der Waals surface area contributed by atoms with Crippen LogP contribution in [0.2, 0.25) is 0 Å². The zero-order valence-electron chi connectivity index (χ0n) is 15.6. The highest BCUT2D eigenvalue weighted by atomic mass is 32.2. The first kappa shape index (κ1) is 19.8. The van der Waals surface area contributed by atoms with Gasteiger partial charge in [-0.1, -0.05) is 18.2 Å². The van der Waals surface area contributed by atoms with Crippen LogP contribution in [0.15, 0.2) is 58.4 Å². The molecule has 0 radical (unpaired) electrons. The molecule has 0 amide bonds. The molecule has 0 bridgehead atoms. The van der Waals surface area contributed by atoms with Crippen molar-refractivity contribution < 1.29 is 13.2 Å².